The number of benzene rings is 3. The van der Waals surface area contributed by atoms with Gasteiger partial charge in [-0.15, -0.1) is 0 Å². The molecule has 0 heterocycles. The zero-order valence-corrected chi connectivity index (χ0v) is 18.8. The Labute approximate surface area is 192 Å². The van der Waals surface area contributed by atoms with Crippen LogP contribution >= 0.6 is 11.6 Å². The summed E-state index contributed by atoms with van der Waals surface area (Å²) in [6.45, 7) is -0.145. The number of aryl methyl sites for hydroxylation is 1. The molecule has 32 heavy (non-hydrogen) atoms. The fraction of sp³-hybridized carbons (Fsp3) is 0.208. The second-order valence-electron chi connectivity index (χ2n) is 7.58. The number of hydrogen-bond acceptors (Lipinski definition) is 4. The highest BCUT2D eigenvalue weighted by Crippen LogP contribution is 2.29. The molecular formula is C24H23ClN2O4S. The lowest BCUT2D eigenvalue weighted by atomic mass is 9.88. The minimum atomic E-state index is -3.75. The number of fused-ring (bicyclic) bond motifs is 1. The SMILES string of the molecule is O=C(COc1ccc(S(=O)(=O)Nc2ccc(Cl)cc2)cc1)N[C@H]1CCCc2ccccc21. The largest absolute Gasteiger partial charge is 0.484 e. The second-order valence-corrected chi connectivity index (χ2v) is 9.70. The maximum atomic E-state index is 12.5. The van der Waals surface area contributed by atoms with E-state index in [4.69, 9.17) is 16.3 Å². The van der Waals surface area contributed by atoms with Gasteiger partial charge < -0.3 is 10.1 Å². The van der Waals surface area contributed by atoms with E-state index in [2.05, 4.69) is 22.2 Å². The number of nitrogens with one attached hydrogen (secondary N) is 2. The number of carbonyl (C=O) groups excluding carboxylic acids is 1. The van der Waals surface area contributed by atoms with E-state index in [1.165, 1.54) is 29.8 Å². The Morgan fingerprint density at radius 3 is 2.47 bits per heavy atom. The maximum absolute atomic E-state index is 12.5. The first-order valence-electron chi connectivity index (χ1n) is 10.3. The number of amides is 1. The van der Waals surface area contributed by atoms with Crippen molar-refractivity contribution in [3.05, 3.63) is 88.9 Å². The normalized spacial score (nSPS) is 15.5. The van der Waals surface area contributed by atoms with Gasteiger partial charge in [-0.3, -0.25) is 9.52 Å². The molecule has 0 saturated carbocycles. The van der Waals surface area contributed by atoms with Gasteiger partial charge >= 0.3 is 0 Å². The van der Waals surface area contributed by atoms with Crippen molar-refractivity contribution in [3.8, 4) is 5.75 Å². The summed E-state index contributed by atoms with van der Waals surface area (Å²) in [6, 6.07) is 20.4. The standard InChI is InChI=1S/C24H23ClN2O4S/c25-18-8-10-19(11-9-18)27-32(29,30)21-14-12-20(13-15-21)31-16-24(28)26-23-7-3-5-17-4-1-2-6-22(17)23/h1-2,4,6,8-15,23,27H,3,5,7,16H2,(H,26,28)/t23-/m0/s1. The first-order valence-corrected chi connectivity index (χ1v) is 12.2. The van der Waals surface area contributed by atoms with Crippen LogP contribution in [0.1, 0.15) is 30.0 Å². The Kier molecular flexibility index (Phi) is 6.67. The van der Waals surface area contributed by atoms with Crippen molar-refractivity contribution in [1.29, 1.82) is 0 Å². The minimum Gasteiger partial charge on any atom is -0.484 e. The number of carbonyl (C=O) groups is 1. The summed E-state index contributed by atoms with van der Waals surface area (Å²) < 4.78 is 33.1. The first kappa shape index (κ1) is 22.2. The van der Waals surface area contributed by atoms with E-state index in [-0.39, 0.29) is 23.5 Å². The molecule has 8 heteroatoms. The van der Waals surface area contributed by atoms with Crippen molar-refractivity contribution in [2.75, 3.05) is 11.3 Å². The van der Waals surface area contributed by atoms with Gasteiger partial charge in [0, 0.05) is 10.7 Å². The number of halogens is 1. The van der Waals surface area contributed by atoms with Gasteiger partial charge in [0.1, 0.15) is 5.75 Å². The van der Waals surface area contributed by atoms with Crippen molar-refractivity contribution < 1.29 is 17.9 Å². The molecule has 0 bridgehead atoms. The summed E-state index contributed by atoms with van der Waals surface area (Å²) in [5, 5.41) is 3.55. The number of anilines is 1. The van der Waals surface area contributed by atoms with Gasteiger partial charge in [0.2, 0.25) is 0 Å². The molecular weight excluding hydrogens is 448 g/mol. The van der Waals surface area contributed by atoms with Gasteiger partial charge in [0.05, 0.1) is 10.9 Å². The quantitative estimate of drug-likeness (QED) is 0.523. The highest BCUT2D eigenvalue weighted by atomic mass is 35.5. The van der Waals surface area contributed by atoms with Crippen LogP contribution < -0.4 is 14.8 Å². The van der Waals surface area contributed by atoms with Gasteiger partial charge in [-0.2, -0.15) is 0 Å². The number of rotatable bonds is 7. The Morgan fingerprint density at radius 2 is 1.72 bits per heavy atom. The summed E-state index contributed by atoms with van der Waals surface area (Å²) in [4.78, 5) is 12.5. The lowest BCUT2D eigenvalue weighted by molar-refractivity contribution is -0.124. The number of ether oxygens (including phenoxy) is 1. The van der Waals surface area contributed by atoms with Crippen LogP contribution in [-0.2, 0) is 21.2 Å². The zero-order chi connectivity index (χ0) is 22.6. The Bertz CT molecular complexity index is 1200. The molecule has 1 aliphatic rings. The predicted octanol–water partition coefficient (Wildman–Crippen LogP) is 4.71. The summed E-state index contributed by atoms with van der Waals surface area (Å²) in [7, 11) is -3.75. The molecule has 0 aliphatic heterocycles. The highest BCUT2D eigenvalue weighted by molar-refractivity contribution is 7.92. The van der Waals surface area contributed by atoms with Gasteiger partial charge in [0.15, 0.2) is 6.61 Å². The second kappa shape index (κ2) is 9.63. The molecule has 0 fully saturated rings. The van der Waals surface area contributed by atoms with Gasteiger partial charge in [-0.25, -0.2) is 8.42 Å². The van der Waals surface area contributed by atoms with Crippen LogP contribution in [0.25, 0.3) is 0 Å². The molecule has 2 N–H and O–H groups in total. The topological polar surface area (TPSA) is 84.5 Å². The monoisotopic (exact) mass is 470 g/mol. The van der Waals surface area contributed by atoms with E-state index in [0.29, 0.717) is 16.5 Å². The van der Waals surface area contributed by atoms with Crippen LogP contribution in [0.3, 0.4) is 0 Å². The van der Waals surface area contributed by atoms with Crippen molar-refractivity contribution >= 4 is 33.2 Å². The van der Waals surface area contributed by atoms with E-state index in [9.17, 15) is 13.2 Å². The third-order valence-electron chi connectivity index (χ3n) is 5.31. The highest BCUT2D eigenvalue weighted by Gasteiger charge is 2.21. The van der Waals surface area contributed by atoms with Crippen LogP contribution in [0.4, 0.5) is 5.69 Å². The van der Waals surface area contributed by atoms with Crippen molar-refractivity contribution in [2.24, 2.45) is 0 Å². The molecule has 1 atom stereocenters. The minimum absolute atomic E-state index is 0.0116. The average molecular weight is 471 g/mol. The van der Waals surface area contributed by atoms with Crippen LogP contribution in [0.15, 0.2) is 77.7 Å². The molecule has 0 aromatic heterocycles. The third kappa shape index (κ3) is 5.41. The summed E-state index contributed by atoms with van der Waals surface area (Å²) in [6.07, 6.45) is 2.96. The fourth-order valence-electron chi connectivity index (χ4n) is 3.74. The average Bonchev–Trinajstić information content (AvgIpc) is 2.80. The van der Waals surface area contributed by atoms with E-state index in [1.54, 1.807) is 24.3 Å². The van der Waals surface area contributed by atoms with Crippen LogP contribution in [0, 0.1) is 0 Å². The van der Waals surface area contributed by atoms with E-state index in [1.807, 2.05) is 12.1 Å². The first-order chi connectivity index (χ1) is 15.4. The predicted molar refractivity (Wildman–Crippen MR) is 124 cm³/mol. The molecule has 0 saturated heterocycles. The van der Waals surface area contributed by atoms with Gasteiger partial charge in [-0.1, -0.05) is 35.9 Å². The van der Waals surface area contributed by atoms with Crippen molar-refractivity contribution in [3.63, 3.8) is 0 Å². The van der Waals surface area contributed by atoms with Crippen LogP contribution in [-0.4, -0.2) is 20.9 Å². The van der Waals surface area contributed by atoms with Crippen molar-refractivity contribution in [2.45, 2.75) is 30.2 Å². The molecule has 0 spiro atoms. The number of sulfonamides is 1. The van der Waals surface area contributed by atoms with Gasteiger partial charge in [-0.05, 0) is 78.9 Å². The molecule has 4 rings (SSSR count). The summed E-state index contributed by atoms with van der Waals surface area (Å²) >= 11 is 5.83. The molecule has 166 valence electrons. The third-order valence-corrected chi connectivity index (χ3v) is 6.95. The zero-order valence-electron chi connectivity index (χ0n) is 17.3. The molecule has 1 amide bonds. The Hall–Kier alpha value is -3.03. The number of hydrogen-bond donors (Lipinski definition) is 2. The fourth-order valence-corrected chi connectivity index (χ4v) is 4.92. The smallest absolute Gasteiger partial charge is 0.261 e. The molecule has 0 radical (unpaired) electrons. The van der Waals surface area contributed by atoms with Gasteiger partial charge in [0.25, 0.3) is 15.9 Å². The van der Waals surface area contributed by atoms with E-state index < -0.39 is 10.0 Å². The molecule has 3 aromatic rings. The molecule has 0 unspecified atom stereocenters. The lowest BCUT2D eigenvalue weighted by Crippen LogP contribution is -2.34. The van der Waals surface area contributed by atoms with E-state index in [0.717, 1.165) is 24.8 Å². The molecule has 1 aliphatic carbocycles. The van der Waals surface area contributed by atoms with Crippen molar-refractivity contribution in [1.82, 2.24) is 5.32 Å². The molecule has 3 aromatic carbocycles. The maximum Gasteiger partial charge on any atom is 0.261 e. The summed E-state index contributed by atoms with van der Waals surface area (Å²) in [5.74, 6) is 0.197. The Balaban J connectivity index is 1.33. The Morgan fingerprint density at radius 1 is 1.00 bits per heavy atom. The lowest BCUT2D eigenvalue weighted by Gasteiger charge is -2.26. The van der Waals surface area contributed by atoms with Crippen LogP contribution in [0.2, 0.25) is 5.02 Å². The molecule has 6 nitrogen and oxygen atoms in total. The van der Waals surface area contributed by atoms with Crippen LogP contribution in [0.5, 0.6) is 5.75 Å². The summed E-state index contributed by atoms with van der Waals surface area (Å²) in [5.41, 5.74) is 2.85. The van der Waals surface area contributed by atoms with E-state index >= 15 is 0 Å².